The van der Waals surface area contributed by atoms with Crippen molar-refractivity contribution >= 4 is 17.3 Å². The van der Waals surface area contributed by atoms with Gasteiger partial charge in [0.2, 0.25) is 0 Å². The van der Waals surface area contributed by atoms with E-state index in [2.05, 4.69) is 9.88 Å². The Hall–Kier alpha value is -0.940. The van der Waals surface area contributed by atoms with Crippen LogP contribution in [0.4, 0.5) is 0 Å². The molecule has 0 bridgehead atoms. The van der Waals surface area contributed by atoms with Gasteiger partial charge in [0.25, 0.3) is 0 Å². The fraction of sp³-hybridized carbons (Fsp3) is 0.600. The second-order valence-corrected chi connectivity index (χ2v) is 5.43. The molecule has 0 spiro atoms. The van der Waals surface area contributed by atoms with Crippen LogP contribution in [0.3, 0.4) is 0 Å². The van der Waals surface area contributed by atoms with Crippen LogP contribution in [0.5, 0.6) is 0 Å². The zero-order valence-electron chi connectivity index (χ0n) is 8.86. The Kier molecular flexibility index (Phi) is 2.52. The molecule has 0 aromatic carbocycles. The number of nitrogens with zero attached hydrogens (tertiary/aromatic N) is 2. The highest BCUT2D eigenvalue weighted by molar-refractivity contribution is 7.09. The van der Waals surface area contributed by atoms with Crippen molar-refractivity contribution in [2.24, 2.45) is 5.41 Å². The first-order chi connectivity index (χ1) is 6.99. The van der Waals surface area contributed by atoms with Gasteiger partial charge in [0.15, 0.2) is 0 Å². The van der Waals surface area contributed by atoms with Crippen molar-refractivity contribution in [1.29, 1.82) is 0 Å². The predicted octanol–water partition coefficient (Wildman–Crippen LogP) is 1.36. The standard InChI is InChI=1S/C10H14N2O2S/c1-7-11-8(4-15-7)3-12-5-10(2,6-12)9(13)14/h4H,3,5-6H2,1-2H3,(H,13,14). The van der Waals surface area contributed by atoms with Crippen molar-refractivity contribution in [2.45, 2.75) is 20.4 Å². The fourth-order valence-corrected chi connectivity index (χ4v) is 2.50. The highest BCUT2D eigenvalue weighted by Gasteiger charge is 2.45. The van der Waals surface area contributed by atoms with E-state index in [9.17, 15) is 4.79 Å². The molecular weight excluding hydrogens is 212 g/mol. The van der Waals surface area contributed by atoms with Gasteiger partial charge in [-0.05, 0) is 13.8 Å². The van der Waals surface area contributed by atoms with Gasteiger partial charge in [-0.2, -0.15) is 0 Å². The molecule has 82 valence electrons. The van der Waals surface area contributed by atoms with Crippen LogP contribution in [0.15, 0.2) is 5.38 Å². The molecule has 1 aliphatic heterocycles. The lowest BCUT2D eigenvalue weighted by atomic mass is 9.82. The van der Waals surface area contributed by atoms with Gasteiger partial charge in [-0.1, -0.05) is 0 Å². The molecule has 1 aromatic rings. The Morgan fingerprint density at radius 2 is 2.40 bits per heavy atom. The van der Waals surface area contributed by atoms with E-state index in [1.54, 1.807) is 18.3 Å². The molecule has 1 aliphatic rings. The fourth-order valence-electron chi connectivity index (χ4n) is 1.90. The number of aromatic nitrogens is 1. The number of carboxylic acid groups (broad SMARTS) is 1. The van der Waals surface area contributed by atoms with Gasteiger partial charge >= 0.3 is 5.97 Å². The molecule has 0 aliphatic carbocycles. The maximum Gasteiger partial charge on any atom is 0.311 e. The molecule has 1 saturated heterocycles. The Bertz CT molecular complexity index is 383. The second kappa shape index (κ2) is 3.57. The monoisotopic (exact) mass is 226 g/mol. The zero-order chi connectivity index (χ0) is 11.1. The summed E-state index contributed by atoms with van der Waals surface area (Å²) in [6, 6.07) is 0. The van der Waals surface area contributed by atoms with E-state index in [4.69, 9.17) is 5.11 Å². The first-order valence-electron chi connectivity index (χ1n) is 4.86. The number of hydrogen-bond acceptors (Lipinski definition) is 4. The third kappa shape index (κ3) is 2.03. The molecule has 1 fully saturated rings. The van der Waals surface area contributed by atoms with Crippen molar-refractivity contribution < 1.29 is 9.90 Å². The molecule has 1 aromatic heterocycles. The topological polar surface area (TPSA) is 53.4 Å². The molecule has 0 atom stereocenters. The third-order valence-corrected chi connectivity index (χ3v) is 3.54. The van der Waals surface area contributed by atoms with Crippen LogP contribution < -0.4 is 0 Å². The molecular formula is C10H14N2O2S. The number of aryl methyl sites for hydroxylation is 1. The molecule has 0 unspecified atom stereocenters. The smallest absolute Gasteiger partial charge is 0.311 e. The van der Waals surface area contributed by atoms with Crippen molar-refractivity contribution in [2.75, 3.05) is 13.1 Å². The Balaban J connectivity index is 1.88. The van der Waals surface area contributed by atoms with E-state index >= 15 is 0 Å². The molecule has 2 rings (SSSR count). The van der Waals surface area contributed by atoms with Crippen molar-refractivity contribution in [3.63, 3.8) is 0 Å². The van der Waals surface area contributed by atoms with Crippen LogP contribution in [0, 0.1) is 12.3 Å². The van der Waals surface area contributed by atoms with E-state index in [-0.39, 0.29) is 0 Å². The van der Waals surface area contributed by atoms with Crippen LogP contribution in [0.2, 0.25) is 0 Å². The lowest BCUT2D eigenvalue weighted by Crippen LogP contribution is -2.58. The van der Waals surface area contributed by atoms with Gasteiger partial charge in [-0.25, -0.2) is 4.98 Å². The maximum absolute atomic E-state index is 10.9. The van der Waals surface area contributed by atoms with Crippen LogP contribution >= 0.6 is 11.3 Å². The summed E-state index contributed by atoms with van der Waals surface area (Å²) in [4.78, 5) is 17.3. The second-order valence-electron chi connectivity index (χ2n) is 4.37. The number of rotatable bonds is 3. The van der Waals surface area contributed by atoms with Crippen LogP contribution in [-0.4, -0.2) is 34.0 Å². The van der Waals surface area contributed by atoms with Crippen LogP contribution in [-0.2, 0) is 11.3 Å². The van der Waals surface area contributed by atoms with E-state index in [1.807, 2.05) is 12.3 Å². The minimum absolute atomic E-state index is 0.551. The van der Waals surface area contributed by atoms with Gasteiger partial charge in [-0.15, -0.1) is 11.3 Å². The summed E-state index contributed by atoms with van der Waals surface area (Å²) in [6.45, 7) is 5.79. The molecule has 2 heterocycles. The highest BCUT2D eigenvalue weighted by Crippen LogP contribution is 2.31. The minimum Gasteiger partial charge on any atom is -0.481 e. The summed E-state index contributed by atoms with van der Waals surface area (Å²) >= 11 is 1.63. The summed E-state index contributed by atoms with van der Waals surface area (Å²) in [7, 11) is 0. The molecule has 0 radical (unpaired) electrons. The third-order valence-electron chi connectivity index (χ3n) is 2.71. The normalized spacial score (nSPS) is 19.9. The SMILES string of the molecule is Cc1nc(CN2CC(C)(C(=O)O)C2)cs1. The van der Waals surface area contributed by atoms with Gasteiger partial charge in [-0.3, -0.25) is 9.69 Å². The largest absolute Gasteiger partial charge is 0.481 e. The first kappa shape index (κ1) is 10.6. The van der Waals surface area contributed by atoms with Gasteiger partial charge in [0.1, 0.15) is 0 Å². The Labute approximate surface area is 92.6 Å². The van der Waals surface area contributed by atoms with Crippen molar-refractivity contribution in [1.82, 2.24) is 9.88 Å². The number of aliphatic carboxylic acids is 1. The molecule has 4 nitrogen and oxygen atoms in total. The maximum atomic E-state index is 10.9. The van der Waals surface area contributed by atoms with E-state index in [1.165, 1.54) is 0 Å². The molecule has 0 saturated carbocycles. The number of likely N-dealkylation sites (tertiary alicyclic amines) is 1. The summed E-state index contributed by atoms with van der Waals surface area (Å²) in [5.41, 5.74) is 0.496. The summed E-state index contributed by atoms with van der Waals surface area (Å²) in [6.07, 6.45) is 0. The summed E-state index contributed by atoms with van der Waals surface area (Å²) in [5, 5.41) is 12.0. The van der Waals surface area contributed by atoms with E-state index in [0.29, 0.717) is 13.1 Å². The van der Waals surface area contributed by atoms with E-state index in [0.717, 1.165) is 17.2 Å². The molecule has 15 heavy (non-hydrogen) atoms. The Morgan fingerprint density at radius 3 is 2.87 bits per heavy atom. The first-order valence-corrected chi connectivity index (χ1v) is 5.74. The average Bonchev–Trinajstić information content (AvgIpc) is 2.48. The van der Waals surface area contributed by atoms with E-state index < -0.39 is 11.4 Å². The number of thiazole rings is 1. The zero-order valence-corrected chi connectivity index (χ0v) is 9.67. The lowest BCUT2D eigenvalue weighted by Gasteiger charge is -2.44. The Morgan fingerprint density at radius 1 is 1.73 bits per heavy atom. The van der Waals surface area contributed by atoms with Crippen molar-refractivity contribution in [3.05, 3.63) is 16.1 Å². The molecule has 1 N–H and O–H groups in total. The number of hydrogen-bond donors (Lipinski definition) is 1. The average molecular weight is 226 g/mol. The lowest BCUT2D eigenvalue weighted by molar-refractivity contribution is -0.159. The molecule has 5 heteroatoms. The molecule has 0 amide bonds. The summed E-state index contributed by atoms with van der Waals surface area (Å²) in [5.74, 6) is -0.701. The quantitative estimate of drug-likeness (QED) is 0.845. The number of carboxylic acids is 1. The number of carbonyl (C=O) groups is 1. The predicted molar refractivity (Wildman–Crippen MR) is 57.9 cm³/mol. The van der Waals surface area contributed by atoms with Gasteiger partial charge in [0.05, 0.1) is 16.1 Å². The minimum atomic E-state index is -0.701. The summed E-state index contributed by atoms with van der Waals surface area (Å²) < 4.78 is 0. The van der Waals surface area contributed by atoms with Crippen LogP contribution in [0.1, 0.15) is 17.6 Å². The highest BCUT2D eigenvalue weighted by atomic mass is 32.1. The van der Waals surface area contributed by atoms with Gasteiger partial charge < -0.3 is 5.11 Å². The van der Waals surface area contributed by atoms with Gasteiger partial charge in [0, 0.05) is 25.0 Å². The van der Waals surface area contributed by atoms with Crippen molar-refractivity contribution in [3.8, 4) is 0 Å². The van der Waals surface area contributed by atoms with Crippen LogP contribution in [0.25, 0.3) is 0 Å².